The van der Waals surface area contributed by atoms with Gasteiger partial charge in [0.25, 0.3) is 0 Å². The molecule has 0 radical (unpaired) electrons. The number of rotatable bonds is 3. The van der Waals surface area contributed by atoms with Crippen molar-refractivity contribution < 1.29 is 19.7 Å². The Hall–Kier alpha value is -0.610. The number of hydrogen-bond acceptors (Lipinski definition) is 3. The molecule has 1 heterocycles. The van der Waals surface area contributed by atoms with Crippen LogP contribution in [0.5, 0.6) is 0 Å². The predicted octanol–water partition coefficient (Wildman–Crippen LogP) is 0.639. The van der Waals surface area contributed by atoms with Gasteiger partial charge < -0.3 is 14.9 Å². The van der Waals surface area contributed by atoms with E-state index in [-0.39, 0.29) is 5.92 Å². The van der Waals surface area contributed by atoms with Crippen molar-refractivity contribution >= 4 is 5.97 Å². The van der Waals surface area contributed by atoms with Crippen LogP contribution in [0, 0.1) is 11.3 Å². The molecule has 80 valence electrons. The molecule has 4 nitrogen and oxygen atoms in total. The standard InChI is InChI=1S/C10H16O4/c11-8(7-1-5-14-6-2-7)10(3-4-10)9(12)13/h7-8,11H,1-6H2,(H,12,13). The number of carbonyl (C=O) groups is 1. The number of carboxylic acids is 1. The summed E-state index contributed by atoms with van der Waals surface area (Å²) < 4.78 is 5.18. The Morgan fingerprint density at radius 1 is 1.36 bits per heavy atom. The fraction of sp³-hybridized carbons (Fsp3) is 0.900. The van der Waals surface area contributed by atoms with E-state index < -0.39 is 17.5 Å². The van der Waals surface area contributed by atoms with Gasteiger partial charge in [-0.05, 0) is 31.6 Å². The highest BCUT2D eigenvalue weighted by Gasteiger charge is 2.57. The third-order valence-electron chi connectivity index (χ3n) is 3.49. The lowest BCUT2D eigenvalue weighted by Crippen LogP contribution is -2.38. The van der Waals surface area contributed by atoms with Crippen LogP contribution in [0.4, 0.5) is 0 Å². The van der Waals surface area contributed by atoms with Crippen LogP contribution in [0.2, 0.25) is 0 Å². The second-order valence-electron chi connectivity index (χ2n) is 4.36. The fourth-order valence-electron chi connectivity index (χ4n) is 2.25. The number of ether oxygens (including phenoxy) is 1. The van der Waals surface area contributed by atoms with Gasteiger partial charge in [0, 0.05) is 13.2 Å². The Bertz CT molecular complexity index is 228. The maximum atomic E-state index is 11.0. The van der Waals surface area contributed by atoms with Gasteiger partial charge in [-0.15, -0.1) is 0 Å². The molecular formula is C10H16O4. The van der Waals surface area contributed by atoms with Gasteiger partial charge in [-0.1, -0.05) is 0 Å². The van der Waals surface area contributed by atoms with Crippen molar-refractivity contribution in [2.45, 2.75) is 31.8 Å². The van der Waals surface area contributed by atoms with E-state index >= 15 is 0 Å². The smallest absolute Gasteiger partial charge is 0.312 e. The molecule has 0 amide bonds. The summed E-state index contributed by atoms with van der Waals surface area (Å²) in [4.78, 5) is 11.0. The number of aliphatic hydroxyl groups excluding tert-OH is 1. The molecule has 1 aliphatic heterocycles. The second-order valence-corrected chi connectivity index (χ2v) is 4.36. The molecule has 1 saturated heterocycles. The molecule has 0 aromatic heterocycles. The Kier molecular flexibility index (Phi) is 2.49. The average Bonchev–Trinajstić information content (AvgIpc) is 2.99. The molecule has 0 spiro atoms. The highest BCUT2D eigenvalue weighted by Crippen LogP contribution is 2.52. The Labute approximate surface area is 82.9 Å². The minimum absolute atomic E-state index is 0.113. The van der Waals surface area contributed by atoms with E-state index in [4.69, 9.17) is 9.84 Å². The van der Waals surface area contributed by atoms with E-state index in [1.807, 2.05) is 0 Å². The molecule has 2 rings (SSSR count). The molecular weight excluding hydrogens is 184 g/mol. The van der Waals surface area contributed by atoms with Crippen LogP contribution in [0.1, 0.15) is 25.7 Å². The van der Waals surface area contributed by atoms with E-state index in [1.54, 1.807) is 0 Å². The van der Waals surface area contributed by atoms with Gasteiger partial charge in [0.1, 0.15) is 0 Å². The van der Waals surface area contributed by atoms with Crippen molar-refractivity contribution in [2.24, 2.45) is 11.3 Å². The third-order valence-corrected chi connectivity index (χ3v) is 3.49. The molecule has 2 aliphatic rings. The molecule has 2 fully saturated rings. The van der Waals surface area contributed by atoms with Gasteiger partial charge in [-0.3, -0.25) is 4.79 Å². The van der Waals surface area contributed by atoms with Crippen LogP contribution >= 0.6 is 0 Å². The first kappa shape index (κ1) is 9.93. The van der Waals surface area contributed by atoms with Crippen LogP contribution in [0.25, 0.3) is 0 Å². The topological polar surface area (TPSA) is 66.8 Å². The Morgan fingerprint density at radius 3 is 2.36 bits per heavy atom. The first-order chi connectivity index (χ1) is 6.67. The number of aliphatic carboxylic acids is 1. The molecule has 2 N–H and O–H groups in total. The maximum Gasteiger partial charge on any atom is 0.312 e. The molecule has 0 bridgehead atoms. The van der Waals surface area contributed by atoms with Crippen LogP contribution in [0.3, 0.4) is 0 Å². The van der Waals surface area contributed by atoms with E-state index in [0.717, 1.165) is 12.8 Å². The summed E-state index contributed by atoms with van der Waals surface area (Å²) in [7, 11) is 0. The molecule has 0 aromatic carbocycles. The quantitative estimate of drug-likeness (QED) is 0.701. The lowest BCUT2D eigenvalue weighted by molar-refractivity contribution is -0.151. The zero-order valence-corrected chi connectivity index (χ0v) is 8.11. The molecule has 1 saturated carbocycles. The SMILES string of the molecule is O=C(O)C1(C(O)C2CCOCC2)CC1. The zero-order chi connectivity index (χ0) is 10.2. The minimum Gasteiger partial charge on any atom is -0.481 e. The molecule has 1 aliphatic carbocycles. The molecule has 0 aromatic rings. The summed E-state index contributed by atoms with van der Waals surface area (Å²) in [5.41, 5.74) is -0.817. The van der Waals surface area contributed by atoms with Gasteiger partial charge in [-0.2, -0.15) is 0 Å². The normalized spacial score (nSPS) is 28.4. The lowest BCUT2D eigenvalue weighted by Gasteiger charge is -2.30. The first-order valence-corrected chi connectivity index (χ1v) is 5.16. The van der Waals surface area contributed by atoms with Crippen molar-refractivity contribution in [3.63, 3.8) is 0 Å². The summed E-state index contributed by atoms with van der Waals surface area (Å²) in [6.07, 6.45) is 2.15. The largest absolute Gasteiger partial charge is 0.481 e. The summed E-state index contributed by atoms with van der Waals surface area (Å²) in [6, 6.07) is 0. The third kappa shape index (κ3) is 1.53. The van der Waals surface area contributed by atoms with Gasteiger partial charge in [0.05, 0.1) is 11.5 Å². The predicted molar refractivity (Wildman–Crippen MR) is 48.9 cm³/mol. The van der Waals surface area contributed by atoms with Gasteiger partial charge >= 0.3 is 5.97 Å². The molecule has 1 unspecified atom stereocenters. The van der Waals surface area contributed by atoms with E-state index in [0.29, 0.717) is 26.1 Å². The summed E-state index contributed by atoms with van der Waals surface area (Å²) in [6.45, 7) is 1.30. The van der Waals surface area contributed by atoms with Gasteiger partial charge in [-0.25, -0.2) is 0 Å². The van der Waals surface area contributed by atoms with Crippen molar-refractivity contribution in [1.29, 1.82) is 0 Å². The van der Waals surface area contributed by atoms with Crippen molar-refractivity contribution in [2.75, 3.05) is 13.2 Å². The molecule has 4 heteroatoms. The average molecular weight is 200 g/mol. The Balaban J connectivity index is 1.99. The van der Waals surface area contributed by atoms with Crippen molar-refractivity contribution in [1.82, 2.24) is 0 Å². The second kappa shape index (κ2) is 3.51. The number of aliphatic hydroxyl groups is 1. The minimum atomic E-state index is -0.837. The maximum absolute atomic E-state index is 11.0. The monoisotopic (exact) mass is 200 g/mol. The molecule has 1 atom stereocenters. The lowest BCUT2D eigenvalue weighted by atomic mass is 9.83. The van der Waals surface area contributed by atoms with E-state index in [2.05, 4.69) is 0 Å². The van der Waals surface area contributed by atoms with Gasteiger partial charge in [0.2, 0.25) is 0 Å². The summed E-state index contributed by atoms with van der Waals surface area (Å²) in [5.74, 6) is -0.723. The summed E-state index contributed by atoms with van der Waals surface area (Å²) >= 11 is 0. The molecule has 14 heavy (non-hydrogen) atoms. The van der Waals surface area contributed by atoms with E-state index in [9.17, 15) is 9.90 Å². The zero-order valence-electron chi connectivity index (χ0n) is 8.11. The van der Waals surface area contributed by atoms with Crippen LogP contribution in [0.15, 0.2) is 0 Å². The van der Waals surface area contributed by atoms with Crippen LogP contribution in [-0.2, 0) is 9.53 Å². The van der Waals surface area contributed by atoms with Crippen LogP contribution in [-0.4, -0.2) is 35.5 Å². The van der Waals surface area contributed by atoms with Crippen molar-refractivity contribution in [3.05, 3.63) is 0 Å². The fourth-order valence-corrected chi connectivity index (χ4v) is 2.25. The first-order valence-electron chi connectivity index (χ1n) is 5.16. The van der Waals surface area contributed by atoms with Crippen molar-refractivity contribution in [3.8, 4) is 0 Å². The van der Waals surface area contributed by atoms with E-state index in [1.165, 1.54) is 0 Å². The Morgan fingerprint density at radius 2 is 1.93 bits per heavy atom. The highest BCUT2D eigenvalue weighted by atomic mass is 16.5. The summed E-state index contributed by atoms with van der Waals surface area (Å²) in [5, 5.41) is 19.0. The highest BCUT2D eigenvalue weighted by molar-refractivity contribution is 5.78. The van der Waals surface area contributed by atoms with Gasteiger partial charge in [0.15, 0.2) is 0 Å². The van der Waals surface area contributed by atoms with Crippen LogP contribution < -0.4 is 0 Å². The number of carboxylic acid groups (broad SMARTS) is 1. The number of hydrogen-bond donors (Lipinski definition) is 2.